The quantitative estimate of drug-likeness (QED) is 0.795. The van der Waals surface area contributed by atoms with Crippen molar-refractivity contribution in [1.29, 1.82) is 0 Å². The van der Waals surface area contributed by atoms with Crippen molar-refractivity contribution >= 4 is 11.3 Å². The van der Waals surface area contributed by atoms with Gasteiger partial charge in [0.25, 0.3) is 0 Å². The van der Waals surface area contributed by atoms with Crippen LogP contribution < -0.4 is 10.6 Å². The maximum Gasteiger partial charge on any atom is 0.00822 e. The van der Waals surface area contributed by atoms with E-state index < -0.39 is 0 Å². The van der Waals surface area contributed by atoms with E-state index in [0.29, 0.717) is 6.04 Å². The molecule has 1 aromatic rings. The molecule has 0 aliphatic carbocycles. The fourth-order valence-electron chi connectivity index (χ4n) is 2.37. The molecule has 90 valence electrons. The fraction of sp³-hybridized carbons (Fsp3) is 0.692. The van der Waals surface area contributed by atoms with Crippen LogP contribution in [0, 0.1) is 0 Å². The molecule has 1 fully saturated rings. The number of hydrogen-bond donors (Lipinski definition) is 2. The topological polar surface area (TPSA) is 24.1 Å². The van der Waals surface area contributed by atoms with Gasteiger partial charge in [-0.25, -0.2) is 0 Å². The Hall–Kier alpha value is -0.380. The Labute approximate surface area is 102 Å². The molecule has 16 heavy (non-hydrogen) atoms. The molecule has 2 rings (SSSR count). The van der Waals surface area contributed by atoms with Crippen molar-refractivity contribution in [2.75, 3.05) is 13.1 Å². The summed E-state index contributed by atoms with van der Waals surface area (Å²) in [5, 5.41) is 11.6. The molecule has 0 aromatic carbocycles. The zero-order chi connectivity index (χ0) is 11.2. The zero-order valence-electron chi connectivity index (χ0n) is 10.0. The van der Waals surface area contributed by atoms with Crippen molar-refractivity contribution in [3.05, 3.63) is 22.4 Å². The van der Waals surface area contributed by atoms with Gasteiger partial charge in [-0.15, -0.1) is 0 Å². The summed E-state index contributed by atoms with van der Waals surface area (Å²) in [5.41, 5.74) is 1.46. The fourth-order valence-corrected chi connectivity index (χ4v) is 3.07. The molecule has 1 saturated heterocycles. The monoisotopic (exact) mass is 238 g/mol. The van der Waals surface area contributed by atoms with E-state index in [0.717, 1.165) is 19.0 Å². The molecule has 0 amide bonds. The van der Waals surface area contributed by atoms with Crippen LogP contribution in [0.2, 0.25) is 0 Å². The highest BCUT2D eigenvalue weighted by Crippen LogP contribution is 2.11. The minimum absolute atomic E-state index is 0.634. The Morgan fingerprint density at radius 3 is 3.25 bits per heavy atom. The van der Waals surface area contributed by atoms with Crippen molar-refractivity contribution in [2.24, 2.45) is 0 Å². The average molecular weight is 238 g/mol. The molecule has 3 heteroatoms. The van der Waals surface area contributed by atoms with Crippen LogP contribution in [0.25, 0.3) is 0 Å². The van der Waals surface area contributed by atoms with E-state index in [9.17, 15) is 0 Å². The minimum Gasteiger partial charge on any atom is -0.314 e. The van der Waals surface area contributed by atoms with Gasteiger partial charge < -0.3 is 10.6 Å². The first-order valence-corrected chi connectivity index (χ1v) is 7.27. The van der Waals surface area contributed by atoms with Crippen LogP contribution in [0.4, 0.5) is 0 Å². The first-order valence-electron chi connectivity index (χ1n) is 6.32. The summed E-state index contributed by atoms with van der Waals surface area (Å²) in [7, 11) is 0. The van der Waals surface area contributed by atoms with Crippen molar-refractivity contribution in [2.45, 2.75) is 44.7 Å². The molecule has 2 atom stereocenters. The second-order valence-corrected chi connectivity index (χ2v) is 5.55. The standard InChI is InChI=1S/C13H22N2S/c1-11(9-13-3-2-6-15-13)14-7-4-12-5-8-16-10-12/h5,8,10-11,13-15H,2-4,6-7,9H2,1H3. The van der Waals surface area contributed by atoms with Gasteiger partial charge in [0.2, 0.25) is 0 Å². The normalized spacial score (nSPS) is 22.4. The number of nitrogens with one attached hydrogen (secondary N) is 2. The molecule has 1 aromatic heterocycles. The maximum absolute atomic E-state index is 3.61. The van der Waals surface area contributed by atoms with Crippen LogP contribution in [0.5, 0.6) is 0 Å². The average Bonchev–Trinajstić information content (AvgIpc) is 2.90. The third kappa shape index (κ3) is 3.89. The van der Waals surface area contributed by atoms with Crippen molar-refractivity contribution in [3.63, 3.8) is 0 Å². The van der Waals surface area contributed by atoms with E-state index in [1.807, 2.05) is 0 Å². The second-order valence-electron chi connectivity index (χ2n) is 4.77. The van der Waals surface area contributed by atoms with Gasteiger partial charge in [-0.3, -0.25) is 0 Å². The van der Waals surface area contributed by atoms with Crippen molar-refractivity contribution in [1.82, 2.24) is 10.6 Å². The molecule has 2 nitrogen and oxygen atoms in total. The molecule has 2 heterocycles. The zero-order valence-corrected chi connectivity index (χ0v) is 10.9. The van der Waals surface area contributed by atoms with Crippen LogP contribution in [-0.2, 0) is 6.42 Å². The molecular weight excluding hydrogens is 216 g/mol. The van der Waals surface area contributed by atoms with E-state index in [1.165, 1.54) is 31.4 Å². The van der Waals surface area contributed by atoms with Gasteiger partial charge in [-0.2, -0.15) is 11.3 Å². The SMILES string of the molecule is CC(CC1CCCN1)NCCc1ccsc1. The van der Waals surface area contributed by atoms with Crippen molar-refractivity contribution < 1.29 is 0 Å². The van der Waals surface area contributed by atoms with Crippen LogP contribution in [0.3, 0.4) is 0 Å². The largest absolute Gasteiger partial charge is 0.314 e. The van der Waals surface area contributed by atoms with Gasteiger partial charge in [-0.1, -0.05) is 0 Å². The maximum atomic E-state index is 3.61. The Kier molecular flexibility index (Phi) is 4.82. The lowest BCUT2D eigenvalue weighted by Gasteiger charge is -2.18. The van der Waals surface area contributed by atoms with E-state index in [2.05, 4.69) is 34.4 Å². The van der Waals surface area contributed by atoms with Gasteiger partial charge in [0.1, 0.15) is 0 Å². The molecule has 0 bridgehead atoms. The van der Waals surface area contributed by atoms with E-state index in [-0.39, 0.29) is 0 Å². The molecule has 0 spiro atoms. The van der Waals surface area contributed by atoms with E-state index in [1.54, 1.807) is 11.3 Å². The summed E-state index contributed by atoms with van der Waals surface area (Å²) in [6, 6.07) is 3.60. The Morgan fingerprint density at radius 1 is 1.62 bits per heavy atom. The lowest BCUT2D eigenvalue weighted by atomic mass is 10.1. The Morgan fingerprint density at radius 2 is 2.56 bits per heavy atom. The summed E-state index contributed by atoms with van der Waals surface area (Å²) in [6.45, 7) is 4.62. The smallest absolute Gasteiger partial charge is 0.00822 e. The third-order valence-electron chi connectivity index (χ3n) is 3.29. The molecule has 0 saturated carbocycles. The molecule has 2 unspecified atom stereocenters. The molecular formula is C13H22N2S. The van der Waals surface area contributed by atoms with E-state index in [4.69, 9.17) is 0 Å². The van der Waals surface area contributed by atoms with Gasteiger partial charge in [0, 0.05) is 12.1 Å². The van der Waals surface area contributed by atoms with Gasteiger partial charge in [-0.05, 0) is 68.1 Å². The number of rotatable bonds is 6. The molecule has 2 N–H and O–H groups in total. The highest BCUT2D eigenvalue weighted by molar-refractivity contribution is 7.07. The lowest BCUT2D eigenvalue weighted by molar-refractivity contribution is 0.443. The highest BCUT2D eigenvalue weighted by atomic mass is 32.1. The predicted molar refractivity (Wildman–Crippen MR) is 71.1 cm³/mol. The second kappa shape index (κ2) is 6.38. The molecule has 1 aliphatic heterocycles. The Balaban J connectivity index is 1.58. The molecule has 1 aliphatic rings. The van der Waals surface area contributed by atoms with Crippen LogP contribution >= 0.6 is 11.3 Å². The van der Waals surface area contributed by atoms with Gasteiger partial charge in [0.05, 0.1) is 0 Å². The summed E-state index contributed by atoms with van der Waals surface area (Å²) >= 11 is 1.79. The predicted octanol–water partition coefficient (Wildman–Crippen LogP) is 2.41. The van der Waals surface area contributed by atoms with Crippen molar-refractivity contribution in [3.8, 4) is 0 Å². The number of hydrogen-bond acceptors (Lipinski definition) is 3. The third-order valence-corrected chi connectivity index (χ3v) is 4.02. The van der Waals surface area contributed by atoms with Crippen LogP contribution in [-0.4, -0.2) is 25.2 Å². The molecule has 0 radical (unpaired) electrons. The summed E-state index contributed by atoms with van der Waals surface area (Å²) in [5.74, 6) is 0. The van der Waals surface area contributed by atoms with Crippen LogP contribution in [0.15, 0.2) is 16.8 Å². The summed E-state index contributed by atoms with van der Waals surface area (Å²) in [4.78, 5) is 0. The first kappa shape index (κ1) is 12.1. The van der Waals surface area contributed by atoms with Gasteiger partial charge >= 0.3 is 0 Å². The van der Waals surface area contributed by atoms with Crippen LogP contribution in [0.1, 0.15) is 31.7 Å². The summed E-state index contributed by atoms with van der Waals surface area (Å²) < 4.78 is 0. The van der Waals surface area contributed by atoms with E-state index >= 15 is 0 Å². The lowest BCUT2D eigenvalue weighted by Crippen LogP contribution is -2.34. The highest BCUT2D eigenvalue weighted by Gasteiger charge is 2.16. The minimum atomic E-state index is 0.634. The Bertz CT molecular complexity index is 278. The summed E-state index contributed by atoms with van der Waals surface area (Å²) in [6.07, 6.45) is 5.14. The van der Waals surface area contributed by atoms with Gasteiger partial charge in [0.15, 0.2) is 0 Å². The first-order chi connectivity index (χ1) is 7.84. The number of thiophene rings is 1.